The topological polar surface area (TPSA) is 35.5 Å². The van der Waals surface area contributed by atoms with Crippen molar-refractivity contribution >= 4 is 0 Å². The van der Waals surface area contributed by atoms with E-state index in [1.165, 1.54) is 19.4 Å². The van der Waals surface area contributed by atoms with Gasteiger partial charge in [0.25, 0.3) is 0 Å². The van der Waals surface area contributed by atoms with Crippen molar-refractivity contribution in [1.82, 2.24) is 10.2 Å². The second-order valence-corrected chi connectivity index (χ2v) is 3.63. The maximum atomic E-state index is 8.63. The highest BCUT2D eigenvalue weighted by molar-refractivity contribution is 4.76. The Morgan fingerprint density at radius 3 is 3.00 bits per heavy atom. The summed E-state index contributed by atoms with van der Waals surface area (Å²) in [6, 6.07) is 0.689. The molecule has 1 heterocycles. The minimum Gasteiger partial charge on any atom is -0.396 e. The third kappa shape index (κ3) is 3.52. The first-order chi connectivity index (χ1) is 5.83. The third-order valence-corrected chi connectivity index (χ3v) is 2.39. The average molecular weight is 172 g/mol. The van der Waals surface area contributed by atoms with Gasteiger partial charge in [0, 0.05) is 25.7 Å². The largest absolute Gasteiger partial charge is 0.396 e. The van der Waals surface area contributed by atoms with Crippen molar-refractivity contribution in [2.24, 2.45) is 0 Å². The number of nitrogens with zero attached hydrogens (tertiary/aromatic N) is 1. The van der Waals surface area contributed by atoms with Gasteiger partial charge in [-0.15, -0.1) is 0 Å². The highest BCUT2D eigenvalue weighted by Crippen LogP contribution is 2.05. The molecule has 72 valence electrons. The van der Waals surface area contributed by atoms with Crippen LogP contribution < -0.4 is 5.32 Å². The van der Waals surface area contributed by atoms with Gasteiger partial charge in [0.05, 0.1) is 0 Å². The zero-order valence-corrected chi connectivity index (χ0v) is 7.92. The zero-order chi connectivity index (χ0) is 8.81. The van der Waals surface area contributed by atoms with Crippen molar-refractivity contribution in [3.8, 4) is 0 Å². The molecule has 3 nitrogen and oxygen atoms in total. The molecule has 0 spiro atoms. The lowest BCUT2D eigenvalue weighted by atomic mass is 10.2. The molecule has 1 aliphatic rings. The molecule has 0 aromatic rings. The Hall–Kier alpha value is -0.120. The monoisotopic (exact) mass is 172 g/mol. The lowest BCUT2D eigenvalue weighted by molar-refractivity contribution is 0.238. The molecule has 1 saturated heterocycles. The van der Waals surface area contributed by atoms with E-state index in [2.05, 4.69) is 17.3 Å². The Morgan fingerprint density at radius 1 is 1.58 bits per heavy atom. The Balaban J connectivity index is 2.03. The van der Waals surface area contributed by atoms with E-state index in [0.29, 0.717) is 12.6 Å². The molecule has 0 aromatic carbocycles. The van der Waals surface area contributed by atoms with Crippen LogP contribution in [-0.4, -0.2) is 49.3 Å². The Bertz CT molecular complexity index is 113. The van der Waals surface area contributed by atoms with Crippen LogP contribution in [0.4, 0.5) is 0 Å². The van der Waals surface area contributed by atoms with Crippen molar-refractivity contribution in [2.45, 2.75) is 25.3 Å². The maximum absolute atomic E-state index is 8.63. The second-order valence-electron chi connectivity index (χ2n) is 3.63. The van der Waals surface area contributed by atoms with E-state index in [9.17, 15) is 0 Å². The molecule has 0 amide bonds. The summed E-state index contributed by atoms with van der Waals surface area (Å²) in [6.45, 7) is 3.62. The predicted molar refractivity (Wildman–Crippen MR) is 50.2 cm³/mol. The fraction of sp³-hybridized carbons (Fsp3) is 1.00. The van der Waals surface area contributed by atoms with Crippen molar-refractivity contribution < 1.29 is 5.11 Å². The van der Waals surface area contributed by atoms with Crippen LogP contribution in [0.2, 0.25) is 0 Å². The van der Waals surface area contributed by atoms with Crippen LogP contribution in [0.5, 0.6) is 0 Å². The summed E-state index contributed by atoms with van der Waals surface area (Å²) in [5.74, 6) is 0. The first kappa shape index (κ1) is 9.96. The van der Waals surface area contributed by atoms with Gasteiger partial charge in [0.1, 0.15) is 0 Å². The molecule has 0 radical (unpaired) electrons. The molecule has 12 heavy (non-hydrogen) atoms. The molecule has 0 aliphatic carbocycles. The van der Waals surface area contributed by atoms with Crippen LogP contribution in [0, 0.1) is 0 Å². The molecule has 1 unspecified atom stereocenters. The molecule has 2 N–H and O–H groups in total. The summed E-state index contributed by atoms with van der Waals surface area (Å²) in [4.78, 5) is 2.29. The standard InChI is InChI=1S/C9H20N2O/c1-11(6-3-7-12)8-9-4-2-5-10-9/h9-10,12H,2-8H2,1H3. The third-order valence-electron chi connectivity index (χ3n) is 2.39. The number of likely N-dealkylation sites (N-methyl/N-ethyl adjacent to an activating group) is 1. The number of hydrogen-bond acceptors (Lipinski definition) is 3. The van der Waals surface area contributed by atoms with Crippen LogP contribution in [-0.2, 0) is 0 Å². The number of aliphatic hydroxyl groups is 1. The van der Waals surface area contributed by atoms with Gasteiger partial charge < -0.3 is 15.3 Å². The molecule has 1 rings (SSSR count). The number of nitrogens with one attached hydrogen (secondary N) is 1. The molecule has 0 bridgehead atoms. The maximum Gasteiger partial charge on any atom is 0.0443 e. The second kappa shape index (κ2) is 5.51. The van der Waals surface area contributed by atoms with E-state index in [4.69, 9.17) is 5.11 Å². The summed E-state index contributed by atoms with van der Waals surface area (Å²) in [5.41, 5.74) is 0. The number of rotatable bonds is 5. The Labute approximate surface area is 74.8 Å². The van der Waals surface area contributed by atoms with Crippen LogP contribution in [0.3, 0.4) is 0 Å². The quantitative estimate of drug-likeness (QED) is 0.615. The van der Waals surface area contributed by atoms with Gasteiger partial charge in [-0.2, -0.15) is 0 Å². The van der Waals surface area contributed by atoms with Gasteiger partial charge in [-0.05, 0) is 32.9 Å². The molecule has 1 atom stereocenters. The van der Waals surface area contributed by atoms with Crippen LogP contribution in [0.15, 0.2) is 0 Å². The van der Waals surface area contributed by atoms with E-state index < -0.39 is 0 Å². The molecular formula is C9H20N2O. The van der Waals surface area contributed by atoms with E-state index in [0.717, 1.165) is 19.5 Å². The van der Waals surface area contributed by atoms with Crippen molar-refractivity contribution in [1.29, 1.82) is 0 Å². The Kier molecular flexibility index (Phi) is 4.58. The van der Waals surface area contributed by atoms with Gasteiger partial charge in [-0.1, -0.05) is 0 Å². The minimum atomic E-state index is 0.308. The van der Waals surface area contributed by atoms with Gasteiger partial charge in [0.15, 0.2) is 0 Å². The lowest BCUT2D eigenvalue weighted by Gasteiger charge is -2.20. The smallest absolute Gasteiger partial charge is 0.0443 e. The number of aliphatic hydroxyl groups excluding tert-OH is 1. The fourth-order valence-corrected chi connectivity index (χ4v) is 1.72. The summed E-state index contributed by atoms with van der Waals surface area (Å²) in [6.07, 6.45) is 3.52. The summed E-state index contributed by atoms with van der Waals surface area (Å²) in [5, 5.41) is 12.1. The fourth-order valence-electron chi connectivity index (χ4n) is 1.72. The van der Waals surface area contributed by atoms with Gasteiger partial charge in [-0.3, -0.25) is 0 Å². The first-order valence-corrected chi connectivity index (χ1v) is 4.85. The summed E-state index contributed by atoms with van der Waals surface area (Å²) < 4.78 is 0. The first-order valence-electron chi connectivity index (χ1n) is 4.85. The SMILES string of the molecule is CN(CCCO)CC1CCCN1. The molecule has 1 aliphatic heterocycles. The summed E-state index contributed by atoms with van der Waals surface area (Å²) >= 11 is 0. The van der Waals surface area contributed by atoms with Gasteiger partial charge in [-0.25, -0.2) is 0 Å². The van der Waals surface area contributed by atoms with Crippen LogP contribution >= 0.6 is 0 Å². The summed E-state index contributed by atoms with van der Waals surface area (Å²) in [7, 11) is 2.12. The zero-order valence-electron chi connectivity index (χ0n) is 7.92. The molecule has 0 saturated carbocycles. The molecule has 1 fully saturated rings. The van der Waals surface area contributed by atoms with Crippen LogP contribution in [0.25, 0.3) is 0 Å². The van der Waals surface area contributed by atoms with Crippen molar-refractivity contribution in [2.75, 3.05) is 33.3 Å². The average Bonchev–Trinajstić information content (AvgIpc) is 2.53. The van der Waals surface area contributed by atoms with Crippen LogP contribution in [0.1, 0.15) is 19.3 Å². The van der Waals surface area contributed by atoms with E-state index in [1.807, 2.05) is 0 Å². The molecular weight excluding hydrogens is 152 g/mol. The highest BCUT2D eigenvalue weighted by atomic mass is 16.3. The van der Waals surface area contributed by atoms with Gasteiger partial charge >= 0.3 is 0 Å². The van der Waals surface area contributed by atoms with Crippen molar-refractivity contribution in [3.63, 3.8) is 0 Å². The van der Waals surface area contributed by atoms with E-state index in [1.54, 1.807) is 0 Å². The molecule has 0 aromatic heterocycles. The normalized spacial score (nSPS) is 23.8. The highest BCUT2D eigenvalue weighted by Gasteiger charge is 2.15. The van der Waals surface area contributed by atoms with E-state index in [-0.39, 0.29) is 0 Å². The number of hydrogen-bond donors (Lipinski definition) is 2. The van der Waals surface area contributed by atoms with E-state index >= 15 is 0 Å². The van der Waals surface area contributed by atoms with Crippen molar-refractivity contribution in [3.05, 3.63) is 0 Å². The Morgan fingerprint density at radius 2 is 2.42 bits per heavy atom. The minimum absolute atomic E-state index is 0.308. The lowest BCUT2D eigenvalue weighted by Crippen LogP contribution is -2.35. The predicted octanol–water partition coefficient (Wildman–Crippen LogP) is 0.0526. The molecule has 3 heteroatoms. The van der Waals surface area contributed by atoms with Gasteiger partial charge in [0.2, 0.25) is 0 Å².